The molecule has 0 aliphatic rings. The third-order valence-corrected chi connectivity index (χ3v) is 3.21. The fraction of sp³-hybridized carbons (Fsp3) is 0.526. The molecule has 0 aromatic carbocycles. The van der Waals surface area contributed by atoms with Crippen LogP contribution in [0.25, 0.3) is 0 Å². The number of hydrogen-bond acceptors (Lipinski definition) is 11. The van der Waals surface area contributed by atoms with Gasteiger partial charge >= 0.3 is 30.2 Å². The van der Waals surface area contributed by atoms with Crippen molar-refractivity contribution >= 4 is 30.2 Å². The molecular weight excluding hydrogens is 446 g/mol. The van der Waals surface area contributed by atoms with E-state index in [1.807, 2.05) is 0 Å². The van der Waals surface area contributed by atoms with Crippen LogP contribution in [-0.4, -0.2) is 96.1 Å². The lowest BCUT2D eigenvalue weighted by Gasteiger charge is -2.18. The first kappa shape index (κ1) is 29.2. The fourth-order valence-electron chi connectivity index (χ4n) is 1.73. The van der Waals surface area contributed by atoms with Crippen molar-refractivity contribution in [3.8, 4) is 0 Å². The van der Waals surface area contributed by atoms with Gasteiger partial charge in [0.2, 0.25) is 0 Å². The SMILES string of the molecule is C=CC(=O)OCCNC(=O)OCC(COC(=O)NCCOC)OC(=O)NCCOC(=O)C=C. The third kappa shape index (κ3) is 17.6. The van der Waals surface area contributed by atoms with Crippen LogP contribution in [0.1, 0.15) is 0 Å². The predicted octanol–water partition coefficient (Wildman–Crippen LogP) is -0.362. The van der Waals surface area contributed by atoms with Gasteiger partial charge in [0.15, 0.2) is 6.10 Å². The van der Waals surface area contributed by atoms with E-state index in [1.165, 1.54) is 7.11 Å². The quantitative estimate of drug-likeness (QED) is 0.115. The Morgan fingerprint density at radius 2 is 1.12 bits per heavy atom. The third-order valence-electron chi connectivity index (χ3n) is 3.21. The lowest BCUT2D eigenvalue weighted by atomic mass is 10.4. The summed E-state index contributed by atoms with van der Waals surface area (Å²) in [6.45, 7) is 5.70. The van der Waals surface area contributed by atoms with Gasteiger partial charge in [-0.3, -0.25) is 0 Å². The minimum absolute atomic E-state index is 0.0355. The molecule has 1 atom stereocenters. The summed E-state index contributed by atoms with van der Waals surface area (Å²) in [6.07, 6.45) is -1.84. The summed E-state index contributed by atoms with van der Waals surface area (Å²) in [7, 11) is 1.46. The van der Waals surface area contributed by atoms with Crippen molar-refractivity contribution < 1.29 is 52.4 Å². The smallest absolute Gasteiger partial charge is 0.407 e. The summed E-state index contributed by atoms with van der Waals surface area (Å²) < 4.78 is 29.0. The molecular formula is C19H29N3O11. The topological polar surface area (TPSA) is 177 Å². The molecule has 3 N–H and O–H groups in total. The van der Waals surface area contributed by atoms with Crippen LogP contribution in [0.4, 0.5) is 14.4 Å². The van der Waals surface area contributed by atoms with Crippen LogP contribution in [0, 0.1) is 0 Å². The molecule has 0 saturated heterocycles. The maximum Gasteiger partial charge on any atom is 0.407 e. The summed E-state index contributed by atoms with van der Waals surface area (Å²) in [5.41, 5.74) is 0. The van der Waals surface area contributed by atoms with Gasteiger partial charge in [0.25, 0.3) is 0 Å². The van der Waals surface area contributed by atoms with E-state index in [0.717, 1.165) is 12.2 Å². The van der Waals surface area contributed by atoms with E-state index in [4.69, 9.17) is 23.7 Å². The van der Waals surface area contributed by atoms with Crippen LogP contribution in [-0.2, 0) is 38.0 Å². The second-order valence-corrected chi connectivity index (χ2v) is 5.74. The molecule has 0 spiro atoms. The Bertz CT molecular complexity index is 669. The molecule has 0 aliphatic heterocycles. The second kappa shape index (κ2) is 18.9. The maximum atomic E-state index is 11.9. The van der Waals surface area contributed by atoms with Crippen LogP contribution < -0.4 is 16.0 Å². The first-order chi connectivity index (χ1) is 15.8. The first-order valence-corrected chi connectivity index (χ1v) is 9.65. The van der Waals surface area contributed by atoms with Crippen LogP contribution in [0.15, 0.2) is 25.3 Å². The molecule has 0 fully saturated rings. The van der Waals surface area contributed by atoms with Crippen LogP contribution >= 0.6 is 0 Å². The number of esters is 2. The summed E-state index contributed by atoms with van der Waals surface area (Å²) in [5, 5.41) is 7.01. The van der Waals surface area contributed by atoms with Crippen molar-refractivity contribution in [3.05, 3.63) is 25.3 Å². The average Bonchev–Trinajstić information content (AvgIpc) is 2.80. The van der Waals surface area contributed by atoms with E-state index in [9.17, 15) is 24.0 Å². The zero-order valence-corrected chi connectivity index (χ0v) is 18.3. The molecule has 0 heterocycles. The van der Waals surface area contributed by atoms with Gasteiger partial charge in [-0.1, -0.05) is 13.2 Å². The van der Waals surface area contributed by atoms with E-state index in [-0.39, 0.29) is 39.5 Å². The normalized spacial score (nSPS) is 10.6. The fourth-order valence-corrected chi connectivity index (χ4v) is 1.73. The minimum Gasteiger partial charge on any atom is -0.461 e. The Kier molecular flexibility index (Phi) is 16.7. The molecule has 0 aromatic heterocycles. The molecule has 14 heteroatoms. The lowest BCUT2D eigenvalue weighted by molar-refractivity contribution is -0.138. The molecule has 186 valence electrons. The number of ether oxygens (including phenoxy) is 6. The average molecular weight is 475 g/mol. The summed E-state index contributed by atoms with van der Waals surface area (Å²) in [4.78, 5) is 57.1. The number of carbonyl (C=O) groups is 5. The Hall–Kier alpha value is -3.81. The summed E-state index contributed by atoms with van der Waals surface area (Å²) >= 11 is 0. The van der Waals surface area contributed by atoms with E-state index in [2.05, 4.69) is 33.8 Å². The molecule has 0 saturated carbocycles. The number of rotatable bonds is 16. The zero-order valence-electron chi connectivity index (χ0n) is 18.3. The van der Waals surface area contributed by atoms with Gasteiger partial charge in [0.05, 0.1) is 19.7 Å². The number of methoxy groups -OCH3 is 1. The van der Waals surface area contributed by atoms with Crippen molar-refractivity contribution in [1.82, 2.24) is 16.0 Å². The minimum atomic E-state index is -1.15. The van der Waals surface area contributed by atoms with Gasteiger partial charge in [-0.15, -0.1) is 0 Å². The number of nitrogens with one attached hydrogen (secondary N) is 3. The Labute approximate surface area is 190 Å². The molecule has 0 aliphatic carbocycles. The summed E-state index contributed by atoms with van der Waals surface area (Å²) in [5.74, 6) is -1.31. The van der Waals surface area contributed by atoms with E-state index in [1.54, 1.807) is 0 Å². The monoisotopic (exact) mass is 475 g/mol. The largest absolute Gasteiger partial charge is 0.461 e. The Morgan fingerprint density at radius 1 is 0.697 bits per heavy atom. The van der Waals surface area contributed by atoms with Gasteiger partial charge < -0.3 is 44.4 Å². The van der Waals surface area contributed by atoms with Gasteiger partial charge in [-0.2, -0.15) is 0 Å². The van der Waals surface area contributed by atoms with Crippen molar-refractivity contribution in [1.29, 1.82) is 0 Å². The van der Waals surface area contributed by atoms with Crippen molar-refractivity contribution in [2.75, 3.05) is 59.8 Å². The molecule has 0 rings (SSSR count). The number of amides is 3. The molecule has 3 amide bonds. The Morgan fingerprint density at radius 3 is 1.55 bits per heavy atom. The highest BCUT2D eigenvalue weighted by Gasteiger charge is 2.19. The van der Waals surface area contributed by atoms with Gasteiger partial charge in [-0.25, -0.2) is 24.0 Å². The van der Waals surface area contributed by atoms with Crippen molar-refractivity contribution in [2.45, 2.75) is 6.10 Å². The van der Waals surface area contributed by atoms with Crippen molar-refractivity contribution in [3.63, 3.8) is 0 Å². The molecule has 0 bridgehead atoms. The Balaban J connectivity index is 4.49. The van der Waals surface area contributed by atoms with E-state index < -0.39 is 49.5 Å². The van der Waals surface area contributed by atoms with E-state index in [0.29, 0.717) is 0 Å². The molecule has 0 radical (unpaired) electrons. The van der Waals surface area contributed by atoms with Gasteiger partial charge in [0, 0.05) is 25.8 Å². The van der Waals surface area contributed by atoms with Gasteiger partial charge in [-0.05, 0) is 0 Å². The highest BCUT2D eigenvalue weighted by molar-refractivity contribution is 5.81. The molecule has 14 nitrogen and oxygen atoms in total. The molecule has 1 unspecified atom stereocenters. The van der Waals surface area contributed by atoms with Gasteiger partial charge in [0.1, 0.15) is 26.4 Å². The van der Waals surface area contributed by atoms with Crippen LogP contribution in [0.5, 0.6) is 0 Å². The number of alkyl carbamates (subject to hydrolysis) is 3. The maximum absolute atomic E-state index is 11.9. The first-order valence-electron chi connectivity index (χ1n) is 9.65. The number of carbonyl (C=O) groups excluding carboxylic acids is 5. The number of hydrogen-bond donors (Lipinski definition) is 3. The predicted molar refractivity (Wildman–Crippen MR) is 111 cm³/mol. The second-order valence-electron chi connectivity index (χ2n) is 5.74. The zero-order chi connectivity index (χ0) is 24.9. The van der Waals surface area contributed by atoms with Crippen LogP contribution in [0.2, 0.25) is 0 Å². The highest BCUT2D eigenvalue weighted by atomic mass is 16.6. The van der Waals surface area contributed by atoms with Crippen LogP contribution in [0.3, 0.4) is 0 Å². The molecule has 0 aromatic rings. The summed E-state index contributed by atoms with van der Waals surface area (Å²) in [6, 6.07) is 0. The highest BCUT2D eigenvalue weighted by Crippen LogP contribution is 1.98. The van der Waals surface area contributed by atoms with Crippen molar-refractivity contribution in [2.24, 2.45) is 0 Å². The standard InChI is InChI=1S/C19H29N3O11/c1-4-15(23)29-10-7-21-18(26)32-13-14(12-31-17(25)20-6-9-28-3)33-19(27)22-8-11-30-16(24)5-2/h4-5,14H,1-2,6-13H2,3H3,(H,20,25)(H,21,26)(H,22,27). The lowest BCUT2D eigenvalue weighted by Crippen LogP contribution is -2.39. The van der Waals surface area contributed by atoms with E-state index >= 15 is 0 Å². The molecule has 33 heavy (non-hydrogen) atoms.